The van der Waals surface area contributed by atoms with Crippen LogP contribution in [0.3, 0.4) is 0 Å². The number of nitrogens with one attached hydrogen (secondary N) is 1. The van der Waals surface area contributed by atoms with Crippen LogP contribution >= 0.6 is 11.6 Å². The minimum atomic E-state index is -0.0358. The summed E-state index contributed by atoms with van der Waals surface area (Å²) >= 11 is 6.24. The second-order valence-electron chi connectivity index (χ2n) is 5.16. The van der Waals surface area contributed by atoms with Gasteiger partial charge in [0.25, 0.3) is 0 Å². The van der Waals surface area contributed by atoms with E-state index in [9.17, 15) is 0 Å². The first-order valence-electron chi connectivity index (χ1n) is 7.29. The van der Waals surface area contributed by atoms with E-state index in [1.165, 1.54) is 0 Å². The molecule has 0 fully saturated rings. The summed E-state index contributed by atoms with van der Waals surface area (Å²) in [4.78, 5) is 0. The highest BCUT2D eigenvalue weighted by molar-refractivity contribution is 6.31. The Bertz CT molecular complexity index is 371. The van der Waals surface area contributed by atoms with E-state index in [1.54, 1.807) is 0 Å². The van der Waals surface area contributed by atoms with E-state index >= 15 is 0 Å². The van der Waals surface area contributed by atoms with Crippen LogP contribution < -0.4 is 5.32 Å². The highest BCUT2D eigenvalue weighted by Gasteiger charge is 2.14. The van der Waals surface area contributed by atoms with E-state index in [2.05, 4.69) is 26.1 Å². The summed E-state index contributed by atoms with van der Waals surface area (Å²) in [6.45, 7) is 9.98. The number of benzene rings is 1. The average Bonchev–Trinajstić information content (AvgIpc) is 2.42. The van der Waals surface area contributed by atoms with Crippen LogP contribution in [0.25, 0.3) is 0 Å². The largest absolute Gasteiger partial charge is 0.379 e. The van der Waals surface area contributed by atoms with E-state index in [1.807, 2.05) is 24.3 Å². The smallest absolute Gasteiger partial charge is 0.0964 e. The van der Waals surface area contributed by atoms with Crippen LogP contribution in [0.15, 0.2) is 24.3 Å². The molecule has 1 unspecified atom stereocenters. The SMILES string of the molecule is CCNCC(OCCOCC(C)C)c1ccccc1Cl. The van der Waals surface area contributed by atoms with Crippen molar-refractivity contribution in [3.05, 3.63) is 34.9 Å². The van der Waals surface area contributed by atoms with Crippen molar-refractivity contribution in [2.45, 2.75) is 26.9 Å². The molecule has 3 nitrogen and oxygen atoms in total. The van der Waals surface area contributed by atoms with Gasteiger partial charge in [-0.25, -0.2) is 0 Å². The molecule has 0 bridgehead atoms. The second-order valence-corrected chi connectivity index (χ2v) is 5.56. The Morgan fingerprint density at radius 2 is 1.95 bits per heavy atom. The quantitative estimate of drug-likeness (QED) is 0.669. The lowest BCUT2D eigenvalue weighted by Crippen LogP contribution is -2.24. The Kier molecular flexibility index (Phi) is 8.86. The molecule has 0 aliphatic carbocycles. The highest BCUT2D eigenvalue weighted by atomic mass is 35.5. The Hall–Kier alpha value is -0.610. The number of ether oxygens (including phenoxy) is 2. The maximum atomic E-state index is 6.24. The molecular formula is C16H26ClNO2. The summed E-state index contributed by atoms with van der Waals surface area (Å²) in [5, 5.41) is 4.06. The predicted molar refractivity (Wildman–Crippen MR) is 84.3 cm³/mol. The van der Waals surface area contributed by atoms with E-state index in [0.29, 0.717) is 19.1 Å². The Labute approximate surface area is 127 Å². The zero-order valence-corrected chi connectivity index (χ0v) is 13.5. The maximum Gasteiger partial charge on any atom is 0.0964 e. The third kappa shape index (κ3) is 6.71. The Morgan fingerprint density at radius 3 is 2.60 bits per heavy atom. The summed E-state index contributed by atoms with van der Waals surface area (Å²) in [7, 11) is 0. The van der Waals surface area contributed by atoms with Gasteiger partial charge in [-0.2, -0.15) is 0 Å². The fourth-order valence-electron chi connectivity index (χ4n) is 1.84. The summed E-state index contributed by atoms with van der Waals surface area (Å²) < 4.78 is 11.5. The molecule has 0 saturated heterocycles. The van der Waals surface area contributed by atoms with Gasteiger partial charge in [0.15, 0.2) is 0 Å². The highest BCUT2D eigenvalue weighted by Crippen LogP contribution is 2.24. The molecule has 1 aromatic carbocycles. The number of hydrogen-bond donors (Lipinski definition) is 1. The number of halogens is 1. The lowest BCUT2D eigenvalue weighted by Gasteiger charge is -2.20. The lowest BCUT2D eigenvalue weighted by molar-refractivity contribution is -0.00109. The molecule has 1 aromatic rings. The van der Waals surface area contributed by atoms with Gasteiger partial charge in [0.05, 0.1) is 19.3 Å². The van der Waals surface area contributed by atoms with Crippen LogP contribution in [-0.4, -0.2) is 32.9 Å². The monoisotopic (exact) mass is 299 g/mol. The lowest BCUT2D eigenvalue weighted by atomic mass is 10.1. The molecule has 0 amide bonds. The Morgan fingerprint density at radius 1 is 1.20 bits per heavy atom. The third-order valence-electron chi connectivity index (χ3n) is 2.83. The van der Waals surface area contributed by atoms with Crippen molar-refractivity contribution >= 4 is 11.6 Å². The molecule has 1 rings (SSSR count). The van der Waals surface area contributed by atoms with Gasteiger partial charge in [0, 0.05) is 23.7 Å². The molecule has 0 aromatic heterocycles. The van der Waals surface area contributed by atoms with E-state index < -0.39 is 0 Å². The molecule has 114 valence electrons. The van der Waals surface area contributed by atoms with Crippen molar-refractivity contribution in [1.29, 1.82) is 0 Å². The van der Waals surface area contributed by atoms with Gasteiger partial charge in [-0.3, -0.25) is 0 Å². The number of likely N-dealkylation sites (N-methyl/N-ethyl adjacent to an activating group) is 1. The first-order chi connectivity index (χ1) is 9.65. The van der Waals surface area contributed by atoms with Crippen molar-refractivity contribution < 1.29 is 9.47 Å². The molecule has 4 heteroatoms. The molecule has 0 radical (unpaired) electrons. The van der Waals surface area contributed by atoms with Crippen LogP contribution in [0.5, 0.6) is 0 Å². The molecule has 1 atom stereocenters. The van der Waals surface area contributed by atoms with E-state index in [4.69, 9.17) is 21.1 Å². The van der Waals surface area contributed by atoms with Gasteiger partial charge < -0.3 is 14.8 Å². The predicted octanol–water partition coefficient (Wildman–Crippen LogP) is 3.68. The third-order valence-corrected chi connectivity index (χ3v) is 3.17. The number of rotatable bonds is 10. The van der Waals surface area contributed by atoms with Gasteiger partial charge >= 0.3 is 0 Å². The molecule has 0 saturated carbocycles. The molecule has 0 aliphatic rings. The Balaban J connectivity index is 2.46. The van der Waals surface area contributed by atoms with Gasteiger partial charge in [0.2, 0.25) is 0 Å². The molecule has 0 aliphatic heterocycles. The van der Waals surface area contributed by atoms with Gasteiger partial charge in [-0.1, -0.05) is 50.6 Å². The molecule has 0 spiro atoms. The second kappa shape index (κ2) is 10.2. The number of hydrogen-bond acceptors (Lipinski definition) is 3. The van der Waals surface area contributed by atoms with E-state index in [0.717, 1.165) is 30.3 Å². The van der Waals surface area contributed by atoms with Crippen molar-refractivity contribution in [2.75, 3.05) is 32.9 Å². The zero-order valence-electron chi connectivity index (χ0n) is 12.7. The minimum absolute atomic E-state index is 0.0358. The van der Waals surface area contributed by atoms with Crippen LogP contribution in [-0.2, 0) is 9.47 Å². The van der Waals surface area contributed by atoms with Crippen LogP contribution in [0.4, 0.5) is 0 Å². The van der Waals surface area contributed by atoms with Gasteiger partial charge in [-0.15, -0.1) is 0 Å². The normalized spacial score (nSPS) is 12.8. The standard InChI is InChI=1S/C16H26ClNO2/c1-4-18-11-16(14-7-5-6-8-15(14)17)20-10-9-19-12-13(2)3/h5-8,13,16,18H,4,9-12H2,1-3H3. The molecular weight excluding hydrogens is 274 g/mol. The first-order valence-corrected chi connectivity index (χ1v) is 7.67. The van der Waals surface area contributed by atoms with Crippen molar-refractivity contribution in [2.24, 2.45) is 5.92 Å². The average molecular weight is 300 g/mol. The van der Waals surface area contributed by atoms with Crippen LogP contribution in [0, 0.1) is 5.92 Å². The zero-order chi connectivity index (χ0) is 14.8. The van der Waals surface area contributed by atoms with Crippen molar-refractivity contribution in [1.82, 2.24) is 5.32 Å². The molecule has 0 heterocycles. The minimum Gasteiger partial charge on any atom is -0.379 e. The van der Waals surface area contributed by atoms with Gasteiger partial charge in [0.1, 0.15) is 0 Å². The summed E-state index contributed by atoms with van der Waals surface area (Å²) in [5.41, 5.74) is 1.03. The summed E-state index contributed by atoms with van der Waals surface area (Å²) in [5.74, 6) is 0.552. The summed E-state index contributed by atoms with van der Waals surface area (Å²) in [6, 6.07) is 7.83. The van der Waals surface area contributed by atoms with Crippen LogP contribution in [0.2, 0.25) is 5.02 Å². The fraction of sp³-hybridized carbons (Fsp3) is 0.625. The topological polar surface area (TPSA) is 30.5 Å². The van der Waals surface area contributed by atoms with Crippen molar-refractivity contribution in [3.8, 4) is 0 Å². The molecule has 20 heavy (non-hydrogen) atoms. The fourth-order valence-corrected chi connectivity index (χ4v) is 2.10. The van der Waals surface area contributed by atoms with Gasteiger partial charge in [-0.05, 0) is 18.5 Å². The van der Waals surface area contributed by atoms with E-state index in [-0.39, 0.29) is 6.10 Å². The van der Waals surface area contributed by atoms with Crippen molar-refractivity contribution in [3.63, 3.8) is 0 Å². The molecule has 1 N–H and O–H groups in total. The first kappa shape index (κ1) is 17.4. The van der Waals surface area contributed by atoms with Crippen LogP contribution in [0.1, 0.15) is 32.4 Å². The summed E-state index contributed by atoms with van der Waals surface area (Å²) in [6.07, 6.45) is -0.0358. The maximum absolute atomic E-state index is 6.24.